The SMILES string of the molecule is COCC(=O)Nc1ccc2c(c1)C(=O)N(C)[C@H]1CC[C@H](CC(=O)NCc3ccccc3F)O[C@@H]1CO2. The van der Waals surface area contributed by atoms with Crippen LogP contribution in [0.4, 0.5) is 10.1 Å². The molecule has 4 rings (SSSR count). The molecule has 3 atom stereocenters. The fourth-order valence-corrected chi connectivity index (χ4v) is 4.55. The third kappa shape index (κ3) is 6.00. The molecule has 2 aromatic carbocycles. The van der Waals surface area contributed by atoms with Crippen molar-refractivity contribution in [3.05, 3.63) is 59.4 Å². The quantitative estimate of drug-likeness (QED) is 0.607. The molecule has 1 fully saturated rings. The Morgan fingerprint density at radius 2 is 1.97 bits per heavy atom. The first kappa shape index (κ1) is 25.6. The summed E-state index contributed by atoms with van der Waals surface area (Å²) in [5.74, 6) is -0.768. The summed E-state index contributed by atoms with van der Waals surface area (Å²) in [6, 6.07) is 11.0. The zero-order chi connectivity index (χ0) is 25.7. The summed E-state index contributed by atoms with van der Waals surface area (Å²) in [6.07, 6.45) is 0.617. The maximum absolute atomic E-state index is 13.8. The van der Waals surface area contributed by atoms with Crippen molar-refractivity contribution in [2.75, 3.05) is 32.7 Å². The van der Waals surface area contributed by atoms with E-state index in [1.807, 2.05) is 0 Å². The minimum atomic E-state index is -0.411. The van der Waals surface area contributed by atoms with Gasteiger partial charge in [-0.05, 0) is 37.1 Å². The highest BCUT2D eigenvalue weighted by Gasteiger charge is 2.39. The van der Waals surface area contributed by atoms with Crippen molar-refractivity contribution in [2.45, 2.75) is 44.1 Å². The highest BCUT2D eigenvalue weighted by Crippen LogP contribution is 2.32. The molecule has 2 N–H and O–H groups in total. The molecule has 0 unspecified atom stereocenters. The van der Waals surface area contributed by atoms with Crippen LogP contribution in [0, 0.1) is 5.82 Å². The summed E-state index contributed by atoms with van der Waals surface area (Å²) in [4.78, 5) is 39.2. The molecular weight excluding hydrogens is 469 g/mol. The minimum Gasteiger partial charge on any atom is -0.490 e. The third-order valence-electron chi connectivity index (χ3n) is 6.42. The Hall–Kier alpha value is -3.50. The average Bonchev–Trinajstić information content (AvgIpc) is 2.86. The van der Waals surface area contributed by atoms with Gasteiger partial charge in [-0.25, -0.2) is 4.39 Å². The Kier molecular flexibility index (Phi) is 8.17. The Morgan fingerprint density at radius 3 is 2.75 bits per heavy atom. The van der Waals surface area contributed by atoms with Crippen molar-refractivity contribution in [3.8, 4) is 5.75 Å². The lowest BCUT2D eigenvalue weighted by Crippen LogP contribution is -2.53. The molecule has 0 radical (unpaired) electrons. The van der Waals surface area contributed by atoms with Gasteiger partial charge < -0.3 is 29.7 Å². The molecule has 0 aromatic heterocycles. The molecule has 1 saturated heterocycles. The number of likely N-dealkylation sites (N-methyl/N-ethyl adjacent to an activating group) is 1. The topological polar surface area (TPSA) is 106 Å². The summed E-state index contributed by atoms with van der Waals surface area (Å²) < 4.78 is 30.7. The molecule has 2 aromatic rings. The van der Waals surface area contributed by atoms with Crippen LogP contribution in [0.1, 0.15) is 35.2 Å². The standard InChI is InChI=1S/C26H30FN3O6/c1-30-21-9-8-18(12-24(31)28-13-16-5-3-4-6-20(16)27)36-23(21)14-35-22-10-7-17(11-19(22)26(30)33)29-25(32)15-34-2/h3-7,10-11,18,21,23H,8-9,12-15H2,1-2H3,(H,28,31)(H,29,32)/t18-,21+,23-/m1/s1. The number of hydrogen-bond donors (Lipinski definition) is 2. The van der Waals surface area contributed by atoms with E-state index in [2.05, 4.69) is 10.6 Å². The van der Waals surface area contributed by atoms with Crippen molar-refractivity contribution in [1.29, 1.82) is 0 Å². The van der Waals surface area contributed by atoms with Crippen molar-refractivity contribution in [1.82, 2.24) is 10.2 Å². The van der Waals surface area contributed by atoms with Gasteiger partial charge in [0.15, 0.2) is 0 Å². The first-order valence-electron chi connectivity index (χ1n) is 11.8. The number of methoxy groups -OCH3 is 1. The van der Waals surface area contributed by atoms with E-state index >= 15 is 0 Å². The number of nitrogens with one attached hydrogen (secondary N) is 2. The molecule has 3 amide bonds. The fraction of sp³-hybridized carbons (Fsp3) is 0.423. The number of fused-ring (bicyclic) bond motifs is 2. The largest absolute Gasteiger partial charge is 0.490 e. The lowest BCUT2D eigenvalue weighted by molar-refractivity contribution is -0.134. The van der Waals surface area contributed by atoms with Crippen LogP contribution < -0.4 is 15.4 Å². The van der Waals surface area contributed by atoms with Gasteiger partial charge >= 0.3 is 0 Å². The monoisotopic (exact) mass is 499 g/mol. The van der Waals surface area contributed by atoms with Crippen LogP contribution in [0.2, 0.25) is 0 Å². The number of anilines is 1. The number of amides is 3. The molecule has 0 aliphatic carbocycles. The van der Waals surface area contributed by atoms with Crippen molar-refractivity contribution >= 4 is 23.4 Å². The van der Waals surface area contributed by atoms with Crippen LogP contribution in [0.15, 0.2) is 42.5 Å². The average molecular weight is 500 g/mol. The van der Waals surface area contributed by atoms with Crippen molar-refractivity contribution < 1.29 is 33.0 Å². The summed E-state index contributed by atoms with van der Waals surface area (Å²) in [7, 11) is 3.15. The molecule has 0 bridgehead atoms. The van der Waals surface area contributed by atoms with Crippen molar-refractivity contribution in [2.24, 2.45) is 0 Å². The number of rotatable bonds is 7. The van der Waals surface area contributed by atoms with Gasteiger partial charge in [-0.2, -0.15) is 0 Å². The molecule has 9 nitrogen and oxygen atoms in total. The maximum atomic E-state index is 13.8. The Labute approximate surface area is 208 Å². The van der Waals surface area contributed by atoms with E-state index in [-0.39, 0.29) is 61.9 Å². The van der Waals surface area contributed by atoms with E-state index in [0.29, 0.717) is 35.4 Å². The number of halogens is 1. The van der Waals surface area contributed by atoms with Crippen LogP contribution in [0.5, 0.6) is 5.75 Å². The number of carbonyl (C=O) groups is 3. The molecule has 2 heterocycles. The van der Waals surface area contributed by atoms with Crippen LogP contribution in [0.3, 0.4) is 0 Å². The van der Waals surface area contributed by atoms with E-state index in [1.165, 1.54) is 13.2 Å². The minimum absolute atomic E-state index is 0.0924. The zero-order valence-electron chi connectivity index (χ0n) is 20.3. The van der Waals surface area contributed by atoms with Gasteiger partial charge in [0.1, 0.15) is 30.9 Å². The van der Waals surface area contributed by atoms with E-state index in [0.717, 1.165) is 0 Å². The summed E-state index contributed by atoms with van der Waals surface area (Å²) in [5, 5.41) is 5.44. The van der Waals surface area contributed by atoms with Crippen LogP contribution in [-0.2, 0) is 25.6 Å². The van der Waals surface area contributed by atoms with Gasteiger partial charge in [0, 0.05) is 32.0 Å². The van der Waals surface area contributed by atoms with Gasteiger partial charge in [0.25, 0.3) is 5.91 Å². The Bertz CT molecular complexity index is 1130. The molecule has 0 spiro atoms. The number of carbonyl (C=O) groups excluding carboxylic acids is 3. The number of benzene rings is 2. The number of ether oxygens (including phenoxy) is 3. The first-order chi connectivity index (χ1) is 17.4. The van der Waals surface area contributed by atoms with Crippen LogP contribution in [0.25, 0.3) is 0 Å². The highest BCUT2D eigenvalue weighted by molar-refractivity contribution is 6.00. The molecule has 192 valence electrons. The van der Waals surface area contributed by atoms with Crippen LogP contribution in [-0.4, -0.2) is 68.2 Å². The molecule has 2 aliphatic rings. The Balaban J connectivity index is 1.38. The predicted molar refractivity (Wildman–Crippen MR) is 129 cm³/mol. The molecule has 2 aliphatic heterocycles. The van der Waals surface area contributed by atoms with Gasteiger partial charge in [0.2, 0.25) is 11.8 Å². The molecular formula is C26H30FN3O6. The van der Waals surface area contributed by atoms with E-state index in [1.54, 1.807) is 48.3 Å². The summed E-state index contributed by atoms with van der Waals surface area (Å²) in [5.41, 5.74) is 1.24. The normalized spacial score (nSPS) is 21.4. The predicted octanol–water partition coefficient (Wildman–Crippen LogP) is 2.50. The van der Waals surface area contributed by atoms with E-state index in [9.17, 15) is 18.8 Å². The highest BCUT2D eigenvalue weighted by atomic mass is 19.1. The lowest BCUT2D eigenvalue weighted by Gasteiger charge is -2.42. The molecule has 0 saturated carbocycles. The van der Waals surface area contributed by atoms with Gasteiger partial charge in [0.05, 0.1) is 24.1 Å². The second-order valence-corrected chi connectivity index (χ2v) is 8.93. The van der Waals surface area contributed by atoms with Crippen LogP contribution >= 0.6 is 0 Å². The molecule has 36 heavy (non-hydrogen) atoms. The summed E-state index contributed by atoms with van der Waals surface area (Å²) in [6.45, 7) is 0.220. The maximum Gasteiger partial charge on any atom is 0.257 e. The first-order valence-corrected chi connectivity index (χ1v) is 11.8. The Morgan fingerprint density at radius 1 is 1.17 bits per heavy atom. The fourth-order valence-electron chi connectivity index (χ4n) is 4.55. The van der Waals surface area contributed by atoms with Crippen molar-refractivity contribution in [3.63, 3.8) is 0 Å². The van der Waals surface area contributed by atoms with E-state index < -0.39 is 6.10 Å². The summed E-state index contributed by atoms with van der Waals surface area (Å²) >= 11 is 0. The lowest BCUT2D eigenvalue weighted by atomic mass is 9.94. The second-order valence-electron chi connectivity index (χ2n) is 8.93. The molecule has 10 heteroatoms. The van der Waals surface area contributed by atoms with Gasteiger partial charge in [-0.1, -0.05) is 18.2 Å². The number of hydrogen-bond acceptors (Lipinski definition) is 6. The second kappa shape index (κ2) is 11.5. The smallest absolute Gasteiger partial charge is 0.257 e. The zero-order valence-corrected chi connectivity index (χ0v) is 20.3. The third-order valence-corrected chi connectivity index (χ3v) is 6.42. The van der Waals surface area contributed by atoms with Gasteiger partial charge in [-0.3, -0.25) is 14.4 Å². The number of nitrogens with zero attached hydrogens (tertiary/aromatic N) is 1. The van der Waals surface area contributed by atoms with E-state index in [4.69, 9.17) is 14.2 Å². The van der Waals surface area contributed by atoms with Gasteiger partial charge in [-0.15, -0.1) is 0 Å².